The second kappa shape index (κ2) is 13.5. The van der Waals surface area contributed by atoms with Gasteiger partial charge in [0.15, 0.2) is 11.5 Å². The highest BCUT2D eigenvalue weighted by Crippen LogP contribution is 2.36. The Bertz CT molecular complexity index is 1550. The zero-order valence-corrected chi connectivity index (χ0v) is 24.9. The number of ether oxygens (including phenoxy) is 2. The highest BCUT2D eigenvalue weighted by Gasteiger charge is 2.35. The van der Waals surface area contributed by atoms with Gasteiger partial charge in [-0.15, -0.1) is 0 Å². The smallest absolute Gasteiger partial charge is 0.244 e. The van der Waals surface area contributed by atoms with E-state index in [9.17, 15) is 22.4 Å². The molecule has 1 aliphatic carbocycles. The van der Waals surface area contributed by atoms with Gasteiger partial charge in [-0.1, -0.05) is 61.4 Å². The fourth-order valence-electron chi connectivity index (χ4n) is 5.49. The van der Waals surface area contributed by atoms with Gasteiger partial charge in [0.05, 0.1) is 11.4 Å². The number of fused-ring (bicyclic) bond motifs is 1. The van der Waals surface area contributed by atoms with Gasteiger partial charge in [0, 0.05) is 30.6 Å². The number of sulfonamides is 1. The Morgan fingerprint density at radius 2 is 1.67 bits per heavy atom. The van der Waals surface area contributed by atoms with E-state index in [2.05, 4.69) is 5.32 Å². The first kappa shape index (κ1) is 30.3. The topological polar surface area (TPSA) is 105 Å². The van der Waals surface area contributed by atoms with E-state index in [1.54, 1.807) is 30.3 Å². The molecule has 43 heavy (non-hydrogen) atoms. The summed E-state index contributed by atoms with van der Waals surface area (Å²) in [5.41, 5.74) is 1.25. The van der Waals surface area contributed by atoms with E-state index in [0.717, 1.165) is 35.6 Å². The van der Waals surface area contributed by atoms with Crippen LogP contribution in [0.2, 0.25) is 0 Å². The number of nitrogens with one attached hydrogen (secondary N) is 1. The van der Waals surface area contributed by atoms with E-state index in [-0.39, 0.29) is 48.7 Å². The van der Waals surface area contributed by atoms with Gasteiger partial charge in [0.2, 0.25) is 28.6 Å². The fraction of sp³-hybridized carbons (Fsp3) is 0.375. The van der Waals surface area contributed by atoms with Crippen LogP contribution in [0.5, 0.6) is 11.5 Å². The summed E-state index contributed by atoms with van der Waals surface area (Å²) in [4.78, 5) is 29.5. The average Bonchev–Trinajstić information content (AvgIpc) is 3.70. The molecule has 0 saturated heterocycles. The predicted molar refractivity (Wildman–Crippen MR) is 161 cm³/mol. The molecular weight excluding hydrogens is 573 g/mol. The minimum absolute atomic E-state index is 0.00589. The van der Waals surface area contributed by atoms with Gasteiger partial charge in [-0.25, -0.2) is 12.8 Å². The largest absolute Gasteiger partial charge is 0.454 e. The molecule has 2 amide bonds. The summed E-state index contributed by atoms with van der Waals surface area (Å²) in [5.74, 6) is -0.950. The Hall–Kier alpha value is -4.12. The fourth-order valence-corrected chi connectivity index (χ4v) is 6.55. The number of anilines is 1. The van der Waals surface area contributed by atoms with Crippen molar-refractivity contribution in [3.63, 3.8) is 0 Å². The molecule has 0 radical (unpaired) electrons. The standard InChI is InChI=1S/C32H36FN3O6S/c1-2-43(39,40)36(26-16-17-29-30(19-26)42-22-41-29)21-31(37)35(20-24-12-6-9-15-27(24)33)28(18-23-10-4-3-5-11-23)32(38)34-25-13-7-8-14-25/h3-6,9-12,15-17,19,25,28H,2,7-8,13-14,18,20-22H2,1H3,(H,34,38). The number of rotatable bonds is 12. The number of hydrogen-bond acceptors (Lipinski definition) is 6. The molecule has 0 bridgehead atoms. The number of amides is 2. The molecule has 1 atom stereocenters. The van der Waals surface area contributed by atoms with Crippen molar-refractivity contribution in [2.75, 3.05) is 23.4 Å². The predicted octanol–water partition coefficient (Wildman–Crippen LogP) is 4.41. The summed E-state index contributed by atoms with van der Waals surface area (Å²) >= 11 is 0. The summed E-state index contributed by atoms with van der Waals surface area (Å²) < 4.78 is 53.5. The third kappa shape index (κ3) is 7.27. The van der Waals surface area contributed by atoms with Crippen LogP contribution in [0.3, 0.4) is 0 Å². The monoisotopic (exact) mass is 609 g/mol. The van der Waals surface area contributed by atoms with Crippen molar-refractivity contribution in [3.8, 4) is 11.5 Å². The zero-order chi connectivity index (χ0) is 30.4. The molecule has 2 aliphatic rings. The second-order valence-corrected chi connectivity index (χ2v) is 12.9. The van der Waals surface area contributed by atoms with Gasteiger partial charge >= 0.3 is 0 Å². The van der Waals surface area contributed by atoms with Crippen LogP contribution < -0.4 is 19.1 Å². The van der Waals surface area contributed by atoms with E-state index in [4.69, 9.17) is 9.47 Å². The molecular formula is C32H36FN3O6S. The lowest BCUT2D eigenvalue weighted by Gasteiger charge is -2.34. The van der Waals surface area contributed by atoms with E-state index >= 15 is 0 Å². The SMILES string of the molecule is CCS(=O)(=O)N(CC(=O)N(Cc1ccccc1F)C(Cc1ccccc1)C(=O)NC1CCCC1)c1ccc2c(c1)OCO2. The maximum absolute atomic E-state index is 15.0. The normalized spacial score (nSPS) is 15.2. The summed E-state index contributed by atoms with van der Waals surface area (Å²) in [5, 5.41) is 3.10. The van der Waals surface area contributed by atoms with Crippen LogP contribution in [0.15, 0.2) is 72.8 Å². The molecule has 9 nitrogen and oxygen atoms in total. The van der Waals surface area contributed by atoms with E-state index < -0.39 is 34.3 Å². The molecule has 1 saturated carbocycles. The number of nitrogens with zero attached hydrogens (tertiary/aromatic N) is 2. The Morgan fingerprint density at radius 1 is 0.977 bits per heavy atom. The van der Waals surface area contributed by atoms with Gasteiger partial charge in [0.25, 0.3) is 0 Å². The van der Waals surface area contributed by atoms with Crippen molar-refractivity contribution in [1.29, 1.82) is 0 Å². The Balaban J connectivity index is 1.52. The van der Waals surface area contributed by atoms with Crippen LogP contribution in [0.4, 0.5) is 10.1 Å². The maximum atomic E-state index is 15.0. The highest BCUT2D eigenvalue weighted by atomic mass is 32.2. The molecule has 1 unspecified atom stereocenters. The Kier molecular flexibility index (Phi) is 9.49. The van der Waals surface area contributed by atoms with E-state index in [1.807, 2.05) is 30.3 Å². The van der Waals surface area contributed by atoms with Crippen LogP contribution in [0.25, 0.3) is 0 Å². The molecule has 0 aromatic heterocycles. The molecule has 5 rings (SSSR count). The van der Waals surface area contributed by atoms with Crippen LogP contribution >= 0.6 is 0 Å². The van der Waals surface area contributed by atoms with E-state index in [1.165, 1.54) is 24.0 Å². The van der Waals surface area contributed by atoms with Crippen LogP contribution in [-0.2, 0) is 32.6 Å². The number of hydrogen-bond donors (Lipinski definition) is 1. The first-order valence-electron chi connectivity index (χ1n) is 14.5. The van der Waals surface area contributed by atoms with Crippen molar-refractivity contribution in [1.82, 2.24) is 10.2 Å². The molecule has 3 aromatic carbocycles. The van der Waals surface area contributed by atoms with Crippen LogP contribution in [-0.4, -0.2) is 56.3 Å². The van der Waals surface area contributed by atoms with Gasteiger partial charge in [0.1, 0.15) is 18.4 Å². The molecule has 1 N–H and O–H groups in total. The van der Waals surface area contributed by atoms with Gasteiger partial charge in [-0.2, -0.15) is 0 Å². The first-order chi connectivity index (χ1) is 20.7. The Labute approximate surface area is 251 Å². The minimum atomic E-state index is -3.95. The molecule has 0 spiro atoms. The lowest BCUT2D eigenvalue weighted by molar-refractivity contribution is -0.140. The first-order valence-corrected chi connectivity index (χ1v) is 16.1. The van der Waals surface area contributed by atoms with Crippen molar-refractivity contribution in [3.05, 3.63) is 89.7 Å². The number of benzene rings is 3. The van der Waals surface area contributed by atoms with Crippen molar-refractivity contribution >= 4 is 27.5 Å². The second-order valence-electron chi connectivity index (χ2n) is 10.8. The lowest BCUT2D eigenvalue weighted by atomic mass is 10.0. The highest BCUT2D eigenvalue weighted by molar-refractivity contribution is 7.92. The summed E-state index contributed by atoms with van der Waals surface area (Å²) in [6, 6.07) is 19.0. The lowest BCUT2D eigenvalue weighted by Crippen LogP contribution is -2.54. The summed E-state index contributed by atoms with van der Waals surface area (Å²) in [6.45, 7) is 0.685. The van der Waals surface area contributed by atoms with Gasteiger partial charge in [-0.05, 0) is 43.5 Å². The summed E-state index contributed by atoms with van der Waals surface area (Å²) in [7, 11) is -3.95. The number of carbonyl (C=O) groups excluding carboxylic acids is 2. The van der Waals surface area contributed by atoms with Crippen LogP contribution in [0, 0.1) is 5.82 Å². The maximum Gasteiger partial charge on any atom is 0.244 e. The molecule has 1 aliphatic heterocycles. The molecule has 1 fully saturated rings. The van der Waals surface area contributed by atoms with Gasteiger partial charge in [-0.3, -0.25) is 13.9 Å². The van der Waals surface area contributed by atoms with Crippen molar-refractivity contribution < 1.29 is 31.9 Å². The van der Waals surface area contributed by atoms with Gasteiger partial charge < -0.3 is 19.7 Å². The van der Waals surface area contributed by atoms with Crippen LogP contribution in [0.1, 0.15) is 43.7 Å². The average molecular weight is 610 g/mol. The Morgan fingerprint density at radius 3 is 2.40 bits per heavy atom. The quantitative estimate of drug-likeness (QED) is 0.326. The number of carbonyl (C=O) groups is 2. The minimum Gasteiger partial charge on any atom is -0.454 e. The molecule has 228 valence electrons. The van der Waals surface area contributed by atoms with Crippen molar-refractivity contribution in [2.45, 2.75) is 57.7 Å². The third-order valence-corrected chi connectivity index (χ3v) is 9.64. The number of halogens is 1. The van der Waals surface area contributed by atoms with E-state index in [0.29, 0.717) is 11.5 Å². The van der Waals surface area contributed by atoms with Crippen molar-refractivity contribution in [2.24, 2.45) is 0 Å². The molecule has 11 heteroatoms. The summed E-state index contributed by atoms with van der Waals surface area (Å²) in [6.07, 6.45) is 3.87. The third-order valence-electron chi connectivity index (χ3n) is 7.89. The zero-order valence-electron chi connectivity index (χ0n) is 24.1. The molecule has 1 heterocycles. The molecule has 3 aromatic rings.